The van der Waals surface area contributed by atoms with Gasteiger partial charge in [-0.15, -0.1) is 11.3 Å². The van der Waals surface area contributed by atoms with Crippen LogP contribution in [0.3, 0.4) is 0 Å². The quantitative estimate of drug-likeness (QED) is 0.900. The van der Waals surface area contributed by atoms with Gasteiger partial charge in [0.25, 0.3) is 0 Å². The molecule has 0 atom stereocenters. The molecule has 0 bridgehead atoms. The van der Waals surface area contributed by atoms with Gasteiger partial charge in [0.1, 0.15) is 11.6 Å². The average Bonchev–Trinajstić information content (AvgIpc) is 2.86. The third-order valence-corrected chi connectivity index (χ3v) is 3.98. The van der Waals surface area contributed by atoms with Crippen LogP contribution >= 0.6 is 11.3 Å². The minimum atomic E-state index is -0.688. The van der Waals surface area contributed by atoms with Gasteiger partial charge in [-0.3, -0.25) is 5.32 Å². The number of halogens is 2. The molecule has 0 aliphatic carbocycles. The highest BCUT2D eigenvalue weighted by atomic mass is 32.1. The summed E-state index contributed by atoms with van der Waals surface area (Å²) in [7, 11) is 0. The van der Waals surface area contributed by atoms with Crippen LogP contribution in [0, 0.1) is 11.6 Å². The first kappa shape index (κ1) is 15.4. The zero-order valence-corrected chi connectivity index (χ0v) is 12.4. The van der Waals surface area contributed by atoms with Crippen molar-refractivity contribution in [1.82, 2.24) is 10.3 Å². The number of urea groups is 1. The lowest BCUT2D eigenvalue weighted by Crippen LogP contribution is -2.28. The number of rotatable bonds is 4. The molecule has 2 N–H and O–H groups in total. The van der Waals surface area contributed by atoms with Gasteiger partial charge in [0.05, 0.1) is 0 Å². The molecular formula is C14H15F2N3OS. The van der Waals surface area contributed by atoms with E-state index in [0.29, 0.717) is 11.0 Å². The van der Waals surface area contributed by atoms with Crippen LogP contribution in [-0.4, -0.2) is 11.0 Å². The van der Waals surface area contributed by atoms with E-state index in [1.54, 1.807) is 6.20 Å². The minimum Gasteiger partial charge on any atom is -0.334 e. The van der Waals surface area contributed by atoms with Gasteiger partial charge in [0.2, 0.25) is 0 Å². The minimum absolute atomic E-state index is 0.0274. The number of nitrogens with zero attached hydrogens (tertiary/aromatic N) is 1. The third kappa shape index (κ3) is 4.22. The Morgan fingerprint density at radius 3 is 2.76 bits per heavy atom. The maximum absolute atomic E-state index is 13.4. The van der Waals surface area contributed by atoms with Crippen LogP contribution < -0.4 is 10.6 Å². The zero-order valence-electron chi connectivity index (χ0n) is 11.6. The van der Waals surface area contributed by atoms with Gasteiger partial charge < -0.3 is 5.32 Å². The number of amides is 2. The Hall–Kier alpha value is -2.02. The van der Waals surface area contributed by atoms with E-state index in [-0.39, 0.29) is 12.1 Å². The molecule has 1 heterocycles. The number of aromatic nitrogens is 1. The van der Waals surface area contributed by atoms with Crippen LogP contribution in [0.25, 0.3) is 0 Å². The summed E-state index contributed by atoms with van der Waals surface area (Å²) in [5, 5.41) is 5.56. The Morgan fingerprint density at radius 2 is 2.14 bits per heavy atom. The fourth-order valence-corrected chi connectivity index (χ4v) is 2.41. The summed E-state index contributed by atoms with van der Waals surface area (Å²) < 4.78 is 26.2. The number of carbonyl (C=O) groups is 1. The molecule has 21 heavy (non-hydrogen) atoms. The lowest BCUT2D eigenvalue weighted by molar-refractivity contribution is 0.251. The van der Waals surface area contributed by atoms with Crippen molar-refractivity contribution in [3.05, 3.63) is 46.5 Å². The Balaban J connectivity index is 1.89. The molecule has 0 saturated carbocycles. The number of hydrogen-bond acceptors (Lipinski definition) is 3. The number of nitrogens with one attached hydrogen (secondary N) is 2. The SMILES string of the molecule is CC(C)c1cnc(NC(=O)NCc2ccc(F)cc2F)s1. The van der Waals surface area contributed by atoms with Crippen molar-refractivity contribution >= 4 is 22.5 Å². The fourth-order valence-electron chi connectivity index (χ4n) is 1.59. The number of carbonyl (C=O) groups excluding carboxylic acids is 1. The van der Waals surface area contributed by atoms with Gasteiger partial charge in [-0.1, -0.05) is 19.9 Å². The number of benzene rings is 1. The number of anilines is 1. The van der Waals surface area contributed by atoms with Gasteiger partial charge in [-0.25, -0.2) is 18.6 Å². The van der Waals surface area contributed by atoms with Crippen molar-refractivity contribution in [3.8, 4) is 0 Å². The smallest absolute Gasteiger partial charge is 0.321 e. The van der Waals surface area contributed by atoms with Crippen LogP contribution in [0.2, 0.25) is 0 Å². The molecule has 0 fully saturated rings. The third-order valence-electron chi connectivity index (χ3n) is 2.77. The van der Waals surface area contributed by atoms with E-state index in [9.17, 15) is 13.6 Å². The maximum atomic E-state index is 13.4. The van der Waals surface area contributed by atoms with E-state index in [4.69, 9.17) is 0 Å². The molecule has 1 aromatic heterocycles. The summed E-state index contributed by atoms with van der Waals surface area (Å²) in [6, 6.07) is 2.74. The summed E-state index contributed by atoms with van der Waals surface area (Å²) in [6.07, 6.45) is 1.71. The summed E-state index contributed by atoms with van der Waals surface area (Å²) in [5.74, 6) is -0.995. The van der Waals surface area contributed by atoms with Gasteiger partial charge in [0, 0.05) is 29.2 Å². The van der Waals surface area contributed by atoms with Gasteiger partial charge in [-0.2, -0.15) is 0 Å². The van der Waals surface area contributed by atoms with Crippen LogP contribution in [0.1, 0.15) is 30.2 Å². The monoisotopic (exact) mass is 311 g/mol. The summed E-state index contributed by atoms with van der Waals surface area (Å²) in [5.41, 5.74) is 0.216. The van der Waals surface area contributed by atoms with Crippen molar-refractivity contribution in [2.75, 3.05) is 5.32 Å². The van der Waals surface area contributed by atoms with Crippen molar-refractivity contribution in [2.24, 2.45) is 0 Å². The number of thiazole rings is 1. The van der Waals surface area contributed by atoms with Gasteiger partial charge in [0.15, 0.2) is 5.13 Å². The molecule has 1 aromatic carbocycles. The second kappa shape index (κ2) is 6.62. The Labute approximate surface area is 125 Å². The van der Waals surface area contributed by atoms with Crippen LogP contribution in [0.5, 0.6) is 0 Å². The first-order valence-corrected chi connectivity index (χ1v) is 7.22. The van der Waals surface area contributed by atoms with Crippen molar-refractivity contribution in [1.29, 1.82) is 0 Å². The second-order valence-electron chi connectivity index (χ2n) is 4.77. The lowest BCUT2D eigenvalue weighted by atomic mass is 10.2. The average molecular weight is 311 g/mol. The molecule has 0 aliphatic rings. The molecule has 0 spiro atoms. The van der Waals surface area contributed by atoms with Crippen molar-refractivity contribution < 1.29 is 13.6 Å². The topological polar surface area (TPSA) is 54.0 Å². The summed E-state index contributed by atoms with van der Waals surface area (Å²) in [4.78, 5) is 16.8. The summed E-state index contributed by atoms with van der Waals surface area (Å²) in [6.45, 7) is 4.05. The molecule has 2 aromatic rings. The molecule has 7 heteroatoms. The van der Waals surface area contributed by atoms with Gasteiger partial charge >= 0.3 is 6.03 Å². The molecule has 0 saturated heterocycles. The molecule has 4 nitrogen and oxygen atoms in total. The molecule has 2 amide bonds. The standard InChI is InChI=1S/C14H15F2N3OS/c1-8(2)12-7-18-14(21-12)19-13(20)17-6-9-3-4-10(15)5-11(9)16/h3-5,7-8H,6H2,1-2H3,(H2,17,18,19,20). The van der Waals surface area contributed by atoms with Crippen LogP contribution in [0.4, 0.5) is 18.7 Å². The highest BCUT2D eigenvalue weighted by Gasteiger charge is 2.09. The Morgan fingerprint density at radius 1 is 1.38 bits per heavy atom. The van der Waals surface area contributed by atoms with Crippen molar-refractivity contribution in [3.63, 3.8) is 0 Å². The van der Waals surface area contributed by atoms with E-state index in [1.807, 2.05) is 13.8 Å². The largest absolute Gasteiger partial charge is 0.334 e. The highest BCUT2D eigenvalue weighted by molar-refractivity contribution is 7.15. The molecule has 0 unspecified atom stereocenters. The van der Waals surface area contributed by atoms with E-state index in [2.05, 4.69) is 15.6 Å². The van der Waals surface area contributed by atoms with E-state index >= 15 is 0 Å². The lowest BCUT2D eigenvalue weighted by Gasteiger charge is -2.06. The Kier molecular flexibility index (Phi) is 4.85. The normalized spacial score (nSPS) is 10.7. The molecule has 0 aliphatic heterocycles. The van der Waals surface area contributed by atoms with Gasteiger partial charge in [-0.05, 0) is 12.0 Å². The van der Waals surface area contributed by atoms with E-state index in [1.165, 1.54) is 17.4 Å². The van der Waals surface area contributed by atoms with E-state index < -0.39 is 17.7 Å². The Bertz CT molecular complexity index is 643. The zero-order chi connectivity index (χ0) is 15.4. The van der Waals surface area contributed by atoms with Crippen LogP contribution in [0.15, 0.2) is 24.4 Å². The fraction of sp³-hybridized carbons (Fsp3) is 0.286. The highest BCUT2D eigenvalue weighted by Crippen LogP contribution is 2.24. The molecular weight excluding hydrogens is 296 g/mol. The van der Waals surface area contributed by atoms with E-state index in [0.717, 1.165) is 17.0 Å². The number of hydrogen-bond donors (Lipinski definition) is 2. The molecule has 2 rings (SSSR count). The first-order valence-electron chi connectivity index (χ1n) is 6.40. The molecule has 112 valence electrons. The van der Waals surface area contributed by atoms with Crippen LogP contribution in [-0.2, 0) is 6.54 Å². The molecule has 0 radical (unpaired) electrons. The predicted molar refractivity (Wildman–Crippen MR) is 78.4 cm³/mol. The summed E-state index contributed by atoms with van der Waals surface area (Å²) >= 11 is 1.39. The second-order valence-corrected chi connectivity index (χ2v) is 5.83. The first-order chi connectivity index (χ1) is 9.95. The van der Waals surface area contributed by atoms with Crippen molar-refractivity contribution in [2.45, 2.75) is 26.3 Å². The predicted octanol–water partition coefficient (Wildman–Crippen LogP) is 3.87. The maximum Gasteiger partial charge on any atom is 0.321 e.